The molecular formula is C25H34N4O3S. The summed E-state index contributed by atoms with van der Waals surface area (Å²) in [6, 6.07) is 13.8. The fourth-order valence-corrected chi connectivity index (χ4v) is 5.13. The van der Waals surface area contributed by atoms with Gasteiger partial charge in [-0.25, -0.2) is 13.1 Å². The molecule has 0 fully saturated rings. The number of nitrogens with zero attached hydrogens (tertiary/aromatic N) is 2. The van der Waals surface area contributed by atoms with Crippen LogP contribution in [-0.2, 0) is 16.6 Å². The molecule has 1 heterocycles. The summed E-state index contributed by atoms with van der Waals surface area (Å²) < 4.78 is 29.7. The molecule has 8 heteroatoms. The molecule has 0 bridgehead atoms. The van der Waals surface area contributed by atoms with Crippen molar-refractivity contribution in [3.63, 3.8) is 0 Å². The normalized spacial score (nSPS) is 12.4. The zero-order valence-corrected chi connectivity index (χ0v) is 20.9. The maximum Gasteiger partial charge on any atom is 0.255 e. The standard InChI is InChI=1S/C25H34N4O3S/c1-6-28(7-2)16-17-29-15-14-20-18-21(10-13-23(20)29)26-24(30)19-8-11-22(12-9-19)33(31,32)27-25(3,4)5/h8-15,18,27H,6-7,16-17H2,1-5H3,(H,26,30). The van der Waals surface area contributed by atoms with Crippen molar-refractivity contribution in [2.75, 3.05) is 25.0 Å². The molecule has 2 N–H and O–H groups in total. The van der Waals surface area contributed by atoms with Gasteiger partial charge < -0.3 is 14.8 Å². The minimum atomic E-state index is -3.64. The predicted octanol–water partition coefficient (Wildman–Crippen LogP) is 4.31. The first-order valence-electron chi connectivity index (χ1n) is 11.3. The van der Waals surface area contributed by atoms with Crippen molar-refractivity contribution in [3.8, 4) is 0 Å². The Hall–Kier alpha value is -2.68. The Morgan fingerprint density at radius 2 is 1.67 bits per heavy atom. The van der Waals surface area contributed by atoms with Crippen LogP contribution >= 0.6 is 0 Å². The minimum absolute atomic E-state index is 0.126. The number of hydrogen-bond acceptors (Lipinski definition) is 4. The van der Waals surface area contributed by atoms with Crippen molar-refractivity contribution in [2.24, 2.45) is 0 Å². The molecule has 1 amide bonds. The summed E-state index contributed by atoms with van der Waals surface area (Å²) in [5.74, 6) is -0.289. The maximum absolute atomic E-state index is 12.7. The molecule has 0 saturated carbocycles. The molecule has 0 aliphatic heterocycles. The number of carbonyl (C=O) groups excluding carboxylic acids is 1. The number of amides is 1. The smallest absolute Gasteiger partial charge is 0.255 e. The second-order valence-electron chi connectivity index (χ2n) is 9.14. The molecule has 33 heavy (non-hydrogen) atoms. The van der Waals surface area contributed by atoms with E-state index < -0.39 is 15.6 Å². The second-order valence-corrected chi connectivity index (χ2v) is 10.8. The van der Waals surface area contributed by atoms with Crippen LogP contribution in [0.3, 0.4) is 0 Å². The minimum Gasteiger partial charge on any atom is -0.346 e. The quantitative estimate of drug-likeness (QED) is 0.488. The van der Waals surface area contributed by atoms with E-state index in [1.54, 1.807) is 20.8 Å². The van der Waals surface area contributed by atoms with Gasteiger partial charge in [-0.15, -0.1) is 0 Å². The fourth-order valence-electron chi connectivity index (χ4n) is 3.71. The Morgan fingerprint density at radius 1 is 1.00 bits per heavy atom. The monoisotopic (exact) mass is 470 g/mol. The van der Waals surface area contributed by atoms with Gasteiger partial charge in [-0.2, -0.15) is 0 Å². The molecule has 0 aliphatic rings. The zero-order valence-electron chi connectivity index (χ0n) is 20.1. The van der Waals surface area contributed by atoms with Crippen LogP contribution in [0.2, 0.25) is 0 Å². The van der Waals surface area contributed by atoms with Crippen molar-refractivity contribution in [1.29, 1.82) is 0 Å². The third-order valence-electron chi connectivity index (χ3n) is 5.45. The molecule has 0 radical (unpaired) electrons. The molecule has 0 spiro atoms. The van der Waals surface area contributed by atoms with Crippen molar-refractivity contribution in [1.82, 2.24) is 14.2 Å². The number of aromatic nitrogens is 1. The first-order chi connectivity index (χ1) is 15.5. The Balaban J connectivity index is 1.69. The summed E-state index contributed by atoms with van der Waals surface area (Å²) in [4.78, 5) is 15.2. The van der Waals surface area contributed by atoms with Crippen molar-refractivity contribution in [3.05, 3.63) is 60.3 Å². The molecule has 178 valence electrons. The highest BCUT2D eigenvalue weighted by Crippen LogP contribution is 2.22. The number of benzene rings is 2. The van der Waals surface area contributed by atoms with Gasteiger partial charge in [-0.05, 0) is 82.4 Å². The number of sulfonamides is 1. The Kier molecular flexibility index (Phi) is 7.62. The van der Waals surface area contributed by atoms with E-state index in [1.807, 2.05) is 18.2 Å². The topological polar surface area (TPSA) is 83.4 Å². The molecule has 3 rings (SSSR count). The first-order valence-corrected chi connectivity index (χ1v) is 12.8. The van der Waals surface area contributed by atoms with E-state index >= 15 is 0 Å². The maximum atomic E-state index is 12.7. The highest BCUT2D eigenvalue weighted by Gasteiger charge is 2.22. The van der Waals surface area contributed by atoms with E-state index in [-0.39, 0.29) is 10.8 Å². The average molecular weight is 471 g/mol. The van der Waals surface area contributed by atoms with Gasteiger partial charge >= 0.3 is 0 Å². The van der Waals surface area contributed by atoms with Crippen molar-refractivity contribution >= 4 is 32.5 Å². The number of anilines is 1. The van der Waals surface area contributed by atoms with Crippen molar-refractivity contribution < 1.29 is 13.2 Å². The van der Waals surface area contributed by atoms with E-state index in [0.29, 0.717) is 11.3 Å². The number of likely N-dealkylation sites (N-methyl/N-ethyl adjacent to an activating group) is 1. The van der Waals surface area contributed by atoms with E-state index in [1.165, 1.54) is 24.3 Å². The van der Waals surface area contributed by atoms with Crippen molar-refractivity contribution in [2.45, 2.75) is 51.6 Å². The summed E-state index contributed by atoms with van der Waals surface area (Å²) in [7, 11) is -3.64. The van der Waals surface area contributed by atoms with Crippen LogP contribution in [0.25, 0.3) is 10.9 Å². The van der Waals surface area contributed by atoms with E-state index in [2.05, 4.69) is 45.6 Å². The molecule has 0 unspecified atom stereocenters. The number of fused-ring (bicyclic) bond motifs is 1. The lowest BCUT2D eigenvalue weighted by Crippen LogP contribution is -2.40. The van der Waals surface area contributed by atoms with E-state index in [0.717, 1.165) is 37.1 Å². The summed E-state index contributed by atoms with van der Waals surface area (Å²) in [5, 5.41) is 3.96. The highest BCUT2D eigenvalue weighted by molar-refractivity contribution is 7.89. The number of rotatable bonds is 9. The Labute approximate surface area is 196 Å². The fraction of sp³-hybridized carbons (Fsp3) is 0.400. The lowest BCUT2D eigenvalue weighted by Gasteiger charge is -2.20. The second kappa shape index (κ2) is 10.1. The van der Waals surface area contributed by atoms with Crippen LogP contribution < -0.4 is 10.0 Å². The van der Waals surface area contributed by atoms with Crippen LogP contribution in [0.5, 0.6) is 0 Å². The van der Waals surface area contributed by atoms with Gasteiger partial charge in [-0.3, -0.25) is 4.79 Å². The van der Waals surface area contributed by atoms with Gasteiger partial charge in [0.2, 0.25) is 10.0 Å². The summed E-state index contributed by atoms with van der Waals surface area (Å²) >= 11 is 0. The van der Waals surface area contributed by atoms with Gasteiger partial charge in [-0.1, -0.05) is 13.8 Å². The van der Waals surface area contributed by atoms with E-state index in [9.17, 15) is 13.2 Å². The highest BCUT2D eigenvalue weighted by atomic mass is 32.2. The number of hydrogen-bond donors (Lipinski definition) is 2. The molecule has 0 aliphatic carbocycles. The summed E-state index contributed by atoms with van der Waals surface area (Å²) in [6.45, 7) is 13.6. The van der Waals surface area contributed by atoms with Gasteiger partial charge in [0.15, 0.2) is 0 Å². The molecule has 3 aromatic rings. The number of carbonyl (C=O) groups is 1. The van der Waals surface area contributed by atoms with Crippen LogP contribution in [-0.4, -0.2) is 49.0 Å². The SMILES string of the molecule is CCN(CC)CCn1ccc2cc(NC(=O)c3ccc(S(=O)(=O)NC(C)(C)C)cc3)ccc21. The predicted molar refractivity (Wildman–Crippen MR) is 134 cm³/mol. The van der Waals surface area contributed by atoms with Gasteiger partial charge in [0.05, 0.1) is 4.90 Å². The average Bonchev–Trinajstić information content (AvgIpc) is 3.15. The summed E-state index contributed by atoms with van der Waals surface area (Å²) in [5.41, 5.74) is 1.63. The third-order valence-corrected chi connectivity index (χ3v) is 7.22. The van der Waals surface area contributed by atoms with Crippen LogP contribution in [0.1, 0.15) is 45.0 Å². The molecular weight excluding hydrogens is 436 g/mol. The lowest BCUT2D eigenvalue weighted by atomic mass is 10.1. The van der Waals surface area contributed by atoms with Gasteiger partial charge in [0.25, 0.3) is 5.91 Å². The Morgan fingerprint density at radius 3 is 2.27 bits per heavy atom. The third kappa shape index (κ3) is 6.43. The number of nitrogens with one attached hydrogen (secondary N) is 2. The molecule has 7 nitrogen and oxygen atoms in total. The molecule has 2 aromatic carbocycles. The van der Waals surface area contributed by atoms with Gasteiger partial charge in [0, 0.05) is 47.0 Å². The molecule has 1 aromatic heterocycles. The largest absolute Gasteiger partial charge is 0.346 e. The lowest BCUT2D eigenvalue weighted by molar-refractivity contribution is 0.102. The first kappa shape index (κ1) is 25.0. The summed E-state index contributed by atoms with van der Waals surface area (Å²) in [6.07, 6.45) is 2.07. The van der Waals surface area contributed by atoms with E-state index in [4.69, 9.17) is 0 Å². The van der Waals surface area contributed by atoms with Crippen LogP contribution in [0.15, 0.2) is 59.6 Å². The molecule has 0 atom stereocenters. The zero-order chi connectivity index (χ0) is 24.2. The van der Waals surface area contributed by atoms with Crippen LogP contribution in [0.4, 0.5) is 5.69 Å². The molecule has 0 saturated heterocycles. The Bertz CT molecular complexity index is 1200. The van der Waals surface area contributed by atoms with Crippen LogP contribution in [0, 0.1) is 0 Å². The van der Waals surface area contributed by atoms with Gasteiger partial charge in [0.1, 0.15) is 0 Å².